The molecule has 21 nitrogen and oxygen atoms in total. The number of aliphatic hydroxyl groups is 10. The standard InChI is InChI=1S/C52H82O21/c1-24-34(57)36(59)39(62)44(69-24)72-42-27(21-53)70-43(41(64)38(42)61)67-22-28-35(58)37(60)40(63)45(71-28)73-46(65)52-17-15-47(2,3)20-26(52)25-9-10-30-48(4)13-12-31(54)49(5,23-68-33(56)19-32(55)66-8)29(48)11-14-51(30,7)50(25,6)16-18-52/h9,24,26-31,34-45,53-54,57-64H,10-23H2,1-8H3/t24-,26-,27+,28+,29+,30+,31-,34-,35+,36+,37-,38+,39+,40+,41+,42+,43+,44-,45-,48-,49-,50+,51+,52-/m0/s1. The third-order valence-electron chi connectivity index (χ3n) is 20.1. The van der Waals surface area contributed by atoms with Crippen LogP contribution < -0.4 is 0 Å². The van der Waals surface area contributed by atoms with Crippen LogP contribution >= 0.6 is 0 Å². The molecule has 5 aliphatic carbocycles. The summed E-state index contributed by atoms with van der Waals surface area (Å²) in [7, 11) is 1.21. The van der Waals surface area contributed by atoms with Crippen LogP contribution in [-0.4, -0.2) is 194 Å². The van der Waals surface area contributed by atoms with Crippen molar-refractivity contribution >= 4 is 17.9 Å². The summed E-state index contributed by atoms with van der Waals surface area (Å²) in [6, 6.07) is 0. The number of ether oxygens (including phenoxy) is 8. The zero-order valence-electron chi connectivity index (χ0n) is 43.4. The predicted octanol–water partition coefficient (Wildman–Crippen LogP) is 0.255. The van der Waals surface area contributed by atoms with Gasteiger partial charge in [0.1, 0.15) is 73.6 Å². The van der Waals surface area contributed by atoms with Crippen LogP contribution in [0.15, 0.2) is 11.6 Å². The summed E-state index contributed by atoms with van der Waals surface area (Å²) in [6.07, 6.45) is -16.7. The Labute approximate surface area is 426 Å². The number of hydrogen-bond acceptors (Lipinski definition) is 21. The second-order valence-electron chi connectivity index (χ2n) is 24.6. The first kappa shape index (κ1) is 56.7. The molecule has 8 rings (SSSR count). The van der Waals surface area contributed by atoms with Crippen molar-refractivity contribution in [3.8, 4) is 0 Å². The molecule has 73 heavy (non-hydrogen) atoms. The van der Waals surface area contributed by atoms with Gasteiger partial charge < -0.3 is 89.0 Å². The van der Waals surface area contributed by atoms with Crippen molar-refractivity contribution < 1.29 is 103 Å². The fourth-order valence-electron chi connectivity index (χ4n) is 15.3. The highest BCUT2D eigenvalue weighted by Gasteiger charge is 2.70. The number of hydrogen-bond donors (Lipinski definition) is 10. The first-order valence-corrected chi connectivity index (χ1v) is 26.2. The maximum absolute atomic E-state index is 15.1. The molecule has 0 aromatic rings. The van der Waals surface area contributed by atoms with Gasteiger partial charge in [-0.1, -0.05) is 53.2 Å². The van der Waals surface area contributed by atoms with E-state index in [0.29, 0.717) is 38.5 Å². The molecule has 416 valence electrons. The van der Waals surface area contributed by atoms with Crippen LogP contribution in [0.3, 0.4) is 0 Å². The average Bonchev–Trinajstić information content (AvgIpc) is 3.34. The van der Waals surface area contributed by atoms with Gasteiger partial charge in [0, 0.05) is 5.41 Å². The number of methoxy groups -OCH3 is 1. The lowest BCUT2D eigenvalue weighted by Crippen LogP contribution is -2.66. The van der Waals surface area contributed by atoms with Crippen molar-refractivity contribution in [2.75, 3.05) is 26.9 Å². The van der Waals surface area contributed by atoms with E-state index in [0.717, 1.165) is 25.7 Å². The Kier molecular flexibility index (Phi) is 16.1. The predicted molar refractivity (Wildman–Crippen MR) is 251 cm³/mol. The molecule has 3 saturated heterocycles. The summed E-state index contributed by atoms with van der Waals surface area (Å²) in [5, 5.41) is 108. The van der Waals surface area contributed by atoms with Crippen molar-refractivity contribution in [3.05, 3.63) is 11.6 Å². The van der Waals surface area contributed by atoms with Crippen molar-refractivity contribution in [1.29, 1.82) is 0 Å². The molecule has 0 aromatic heterocycles. The minimum absolute atomic E-state index is 0.00845. The van der Waals surface area contributed by atoms with Gasteiger partial charge in [0.2, 0.25) is 6.29 Å². The lowest BCUT2D eigenvalue weighted by molar-refractivity contribution is -0.361. The van der Waals surface area contributed by atoms with Gasteiger partial charge in [-0.3, -0.25) is 14.4 Å². The van der Waals surface area contributed by atoms with E-state index in [4.69, 9.17) is 33.2 Å². The SMILES string of the molecule is COC(=O)CC(=O)OC[C@@]1(C)[C@@H]2CC[C@]3(C)[C@H](CC=C4[C@@H]5CC(C)(C)CC[C@]5(C(=O)O[C@@H]5O[C@H](CO[C@@H]6O[C@H](CO)[C@@H](O[C@@H]7O[C@@H](C)[C@H](O)[C@@H](O)[C@H]7O)[C@H](O)[C@H]6O)[C@@H](O)[C@H](O)[C@H]5O)CC[C@]43C)[C@@]2(C)CC[C@@H]1O. The number of carbonyl (C=O) groups excluding carboxylic acids is 3. The minimum Gasteiger partial charge on any atom is -0.469 e. The van der Waals surface area contributed by atoms with E-state index in [2.05, 4.69) is 45.4 Å². The van der Waals surface area contributed by atoms with Crippen molar-refractivity contribution in [2.45, 2.75) is 217 Å². The summed E-state index contributed by atoms with van der Waals surface area (Å²) in [5.41, 5.74) is -1.52. The van der Waals surface area contributed by atoms with Gasteiger partial charge in [0.05, 0.1) is 44.6 Å². The van der Waals surface area contributed by atoms with E-state index < -0.39 is 147 Å². The molecule has 7 fully saturated rings. The number of allylic oxidation sites excluding steroid dienone is 2. The van der Waals surface area contributed by atoms with Gasteiger partial charge in [-0.25, -0.2) is 0 Å². The molecule has 3 heterocycles. The van der Waals surface area contributed by atoms with Crippen LogP contribution in [0.25, 0.3) is 0 Å². The molecule has 10 N–H and O–H groups in total. The zero-order valence-corrected chi connectivity index (χ0v) is 43.4. The molecule has 0 bridgehead atoms. The summed E-state index contributed by atoms with van der Waals surface area (Å²) in [5.74, 6) is -2.03. The van der Waals surface area contributed by atoms with Crippen LogP contribution in [0.2, 0.25) is 0 Å². The van der Waals surface area contributed by atoms with Gasteiger partial charge in [-0.2, -0.15) is 0 Å². The molecule has 3 aliphatic heterocycles. The third-order valence-corrected chi connectivity index (χ3v) is 20.1. The van der Waals surface area contributed by atoms with Crippen molar-refractivity contribution in [1.82, 2.24) is 0 Å². The van der Waals surface area contributed by atoms with Gasteiger partial charge in [-0.05, 0) is 111 Å². The largest absolute Gasteiger partial charge is 0.469 e. The topological polar surface area (TPSA) is 327 Å². The number of aliphatic hydroxyl groups excluding tert-OH is 10. The van der Waals surface area contributed by atoms with Gasteiger partial charge >= 0.3 is 17.9 Å². The summed E-state index contributed by atoms with van der Waals surface area (Å²) < 4.78 is 45.2. The molecule has 24 atom stereocenters. The van der Waals surface area contributed by atoms with E-state index in [1.807, 2.05) is 6.92 Å². The summed E-state index contributed by atoms with van der Waals surface area (Å²) in [4.78, 5) is 39.6. The number of rotatable bonds is 12. The highest BCUT2D eigenvalue weighted by molar-refractivity contribution is 5.91. The lowest BCUT2D eigenvalue weighted by Gasteiger charge is -2.71. The van der Waals surface area contributed by atoms with Crippen LogP contribution in [-0.2, 0) is 52.3 Å². The Bertz CT molecular complexity index is 2050. The van der Waals surface area contributed by atoms with E-state index in [1.165, 1.54) is 19.6 Å². The number of esters is 3. The zero-order chi connectivity index (χ0) is 53.5. The van der Waals surface area contributed by atoms with Gasteiger partial charge in [0.25, 0.3) is 0 Å². The molecule has 8 aliphatic rings. The molecular formula is C52H82O21. The minimum atomic E-state index is -1.87. The van der Waals surface area contributed by atoms with Crippen LogP contribution in [0.1, 0.15) is 119 Å². The van der Waals surface area contributed by atoms with E-state index in [-0.39, 0.29) is 46.0 Å². The third kappa shape index (κ3) is 9.63. The Hall–Kier alpha value is -2.45. The Morgan fingerprint density at radius 3 is 2.01 bits per heavy atom. The first-order chi connectivity index (χ1) is 34.1. The molecule has 21 heteroatoms. The van der Waals surface area contributed by atoms with Crippen molar-refractivity contribution in [3.63, 3.8) is 0 Å². The molecular weight excluding hydrogens is 961 g/mol. The second-order valence-corrected chi connectivity index (χ2v) is 24.6. The van der Waals surface area contributed by atoms with Crippen LogP contribution in [0.4, 0.5) is 0 Å². The Morgan fingerprint density at radius 1 is 0.685 bits per heavy atom. The normalized spacial score (nSPS) is 50.4. The number of fused-ring (bicyclic) bond motifs is 7. The number of carbonyl (C=O) groups is 3. The molecule has 0 aromatic carbocycles. The quantitative estimate of drug-likeness (QED) is 0.0542. The summed E-state index contributed by atoms with van der Waals surface area (Å²) >= 11 is 0. The fraction of sp³-hybridized carbons (Fsp3) is 0.904. The van der Waals surface area contributed by atoms with E-state index in [1.54, 1.807) is 0 Å². The fourth-order valence-corrected chi connectivity index (χ4v) is 15.3. The first-order valence-electron chi connectivity index (χ1n) is 26.2. The molecule has 0 amide bonds. The van der Waals surface area contributed by atoms with E-state index >= 15 is 4.79 Å². The summed E-state index contributed by atoms with van der Waals surface area (Å²) in [6.45, 7) is 13.4. The van der Waals surface area contributed by atoms with Crippen LogP contribution in [0.5, 0.6) is 0 Å². The Morgan fingerprint density at radius 2 is 1.33 bits per heavy atom. The Balaban J connectivity index is 0.973. The van der Waals surface area contributed by atoms with Crippen LogP contribution in [0, 0.1) is 50.2 Å². The van der Waals surface area contributed by atoms with E-state index in [9.17, 15) is 60.7 Å². The highest BCUT2D eigenvalue weighted by Crippen LogP contribution is 2.76. The van der Waals surface area contributed by atoms with Crippen molar-refractivity contribution in [2.24, 2.45) is 50.2 Å². The monoisotopic (exact) mass is 1040 g/mol. The van der Waals surface area contributed by atoms with Gasteiger partial charge in [0.15, 0.2) is 12.6 Å². The van der Waals surface area contributed by atoms with Gasteiger partial charge in [-0.15, -0.1) is 0 Å². The second kappa shape index (κ2) is 20.7. The molecule has 4 saturated carbocycles. The molecule has 0 radical (unpaired) electrons. The molecule has 0 spiro atoms. The maximum Gasteiger partial charge on any atom is 0.317 e. The lowest BCUT2D eigenvalue weighted by atomic mass is 9.33. The average molecular weight is 1040 g/mol. The maximum atomic E-state index is 15.1. The smallest absolute Gasteiger partial charge is 0.317 e. The molecule has 0 unspecified atom stereocenters. The highest BCUT2D eigenvalue weighted by atomic mass is 16.8.